The van der Waals surface area contributed by atoms with Gasteiger partial charge in [0.15, 0.2) is 0 Å². The molecule has 0 saturated carbocycles. The van der Waals surface area contributed by atoms with Crippen LogP contribution in [0.25, 0.3) is 0 Å². The van der Waals surface area contributed by atoms with Crippen LogP contribution in [0.15, 0.2) is 22.7 Å². The molecule has 0 fully saturated rings. The van der Waals surface area contributed by atoms with E-state index in [1.807, 2.05) is 18.2 Å². The van der Waals surface area contributed by atoms with Crippen LogP contribution in [0.3, 0.4) is 0 Å². The first-order chi connectivity index (χ1) is 5.81. The Morgan fingerprint density at radius 2 is 2.42 bits per heavy atom. The summed E-state index contributed by atoms with van der Waals surface area (Å²) >= 11 is 3.38. The minimum Gasteiger partial charge on any atom is -0.383 e. The number of rotatable bonds is 0. The SMILES string of the molecule is N#CC1CNc2ccc(Br)cc21. The third-order valence-electron chi connectivity index (χ3n) is 2.04. The van der Waals surface area contributed by atoms with Gasteiger partial charge in [0.05, 0.1) is 12.0 Å². The fraction of sp³-hybridized carbons (Fsp3) is 0.222. The molecule has 1 aliphatic rings. The lowest BCUT2D eigenvalue weighted by molar-refractivity contribution is 0.962. The van der Waals surface area contributed by atoms with Gasteiger partial charge in [-0.3, -0.25) is 0 Å². The molecule has 0 radical (unpaired) electrons. The zero-order valence-corrected chi connectivity index (χ0v) is 7.93. The largest absolute Gasteiger partial charge is 0.383 e. The van der Waals surface area contributed by atoms with Crippen LogP contribution in [0.2, 0.25) is 0 Å². The Labute approximate surface area is 79.3 Å². The van der Waals surface area contributed by atoms with Gasteiger partial charge in [0, 0.05) is 16.7 Å². The molecule has 0 amide bonds. The van der Waals surface area contributed by atoms with Gasteiger partial charge in [-0.15, -0.1) is 0 Å². The van der Waals surface area contributed by atoms with Crippen molar-refractivity contribution in [2.45, 2.75) is 5.92 Å². The van der Waals surface area contributed by atoms with Gasteiger partial charge >= 0.3 is 0 Å². The summed E-state index contributed by atoms with van der Waals surface area (Å²) in [6, 6.07) is 8.24. The predicted molar refractivity (Wildman–Crippen MR) is 51.0 cm³/mol. The number of fused-ring (bicyclic) bond motifs is 1. The minimum absolute atomic E-state index is 0.0116. The van der Waals surface area contributed by atoms with Gasteiger partial charge in [-0.1, -0.05) is 15.9 Å². The summed E-state index contributed by atoms with van der Waals surface area (Å²) in [5.74, 6) is 0.0116. The molecule has 0 bridgehead atoms. The molecule has 1 unspecified atom stereocenters. The number of hydrogen-bond acceptors (Lipinski definition) is 2. The van der Waals surface area contributed by atoms with Crippen molar-refractivity contribution in [2.75, 3.05) is 11.9 Å². The molecule has 0 saturated heterocycles. The van der Waals surface area contributed by atoms with E-state index < -0.39 is 0 Å². The lowest BCUT2D eigenvalue weighted by Gasteiger charge is -1.99. The summed E-state index contributed by atoms with van der Waals surface area (Å²) in [6.07, 6.45) is 0. The molecule has 1 atom stereocenters. The van der Waals surface area contributed by atoms with E-state index in [-0.39, 0.29) is 5.92 Å². The maximum absolute atomic E-state index is 8.80. The predicted octanol–water partition coefficient (Wildman–Crippen LogP) is 2.48. The van der Waals surface area contributed by atoms with E-state index in [1.165, 1.54) is 0 Å². The first-order valence-electron chi connectivity index (χ1n) is 3.74. The van der Waals surface area contributed by atoms with Crippen LogP contribution in [-0.2, 0) is 0 Å². The topological polar surface area (TPSA) is 35.8 Å². The van der Waals surface area contributed by atoms with Gasteiger partial charge < -0.3 is 5.32 Å². The molecule has 3 heteroatoms. The van der Waals surface area contributed by atoms with Crippen molar-refractivity contribution in [3.8, 4) is 6.07 Å². The molecule has 1 heterocycles. The van der Waals surface area contributed by atoms with Crippen LogP contribution in [0.1, 0.15) is 11.5 Å². The molecule has 60 valence electrons. The Bertz CT molecular complexity index is 354. The van der Waals surface area contributed by atoms with Gasteiger partial charge in [-0.25, -0.2) is 0 Å². The van der Waals surface area contributed by atoms with Crippen molar-refractivity contribution in [2.24, 2.45) is 0 Å². The van der Waals surface area contributed by atoms with E-state index >= 15 is 0 Å². The highest BCUT2D eigenvalue weighted by molar-refractivity contribution is 9.10. The molecule has 1 aromatic carbocycles. The summed E-state index contributed by atoms with van der Waals surface area (Å²) < 4.78 is 1.03. The molecule has 0 spiro atoms. The van der Waals surface area contributed by atoms with E-state index in [9.17, 15) is 0 Å². The monoisotopic (exact) mass is 222 g/mol. The van der Waals surface area contributed by atoms with Crippen LogP contribution < -0.4 is 5.32 Å². The Morgan fingerprint density at radius 3 is 3.17 bits per heavy atom. The molecule has 12 heavy (non-hydrogen) atoms. The maximum atomic E-state index is 8.80. The molecule has 2 nitrogen and oxygen atoms in total. The number of nitrogens with one attached hydrogen (secondary N) is 1. The van der Waals surface area contributed by atoms with E-state index in [0.29, 0.717) is 0 Å². The Balaban J connectivity index is 2.51. The van der Waals surface area contributed by atoms with Gasteiger partial charge in [0.25, 0.3) is 0 Å². The number of hydrogen-bond donors (Lipinski definition) is 1. The number of nitriles is 1. The normalized spacial score (nSPS) is 19.5. The lowest BCUT2D eigenvalue weighted by atomic mass is 10.0. The number of benzene rings is 1. The van der Waals surface area contributed by atoms with Gasteiger partial charge in [0.1, 0.15) is 0 Å². The summed E-state index contributed by atoms with van der Waals surface area (Å²) in [7, 11) is 0. The standard InChI is InChI=1S/C9H7BrN2/c10-7-1-2-9-8(3-7)6(4-11)5-12-9/h1-3,6,12H,5H2. The van der Waals surface area contributed by atoms with Crippen molar-refractivity contribution < 1.29 is 0 Å². The molecular weight excluding hydrogens is 216 g/mol. The number of halogens is 1. The van der Waals surface area contributed by atoms with Crippen molar-refractivity contribution in [3.63, 3.8) is 0 Å². The Kier molecular flexibility index (Phi) is 1.78. The quantitative estimate of drug-likeness (QED) is 0.733. The van der Waals surface area contributed by atoms with Gasteiger partial charge in [0.2, 0.25) is 0 Å². The molecular formula is C9H7BrN2. The maximum Gasteiger partial charge on any atom is 0.0905 e. The molecule has 0 aromatic heterocycles. The number of anilines is 1. The van der Waals surface area contributed by atoms with Crippen molar-refractivity contribution in [3.05, 3.63) is 28.2 Å². The molecule has 2 rings (SSSR count). The van der Waals surface area contributed by atoms with Crippen LogP contribution >= 0.6 is 15.9 Å². The third kappa shape index (κ3) is 1.09. The molecule has 1 N–H and O–H groups in total. The first kappa shape index (κ1) is 7.63. The smallest absolute Gasteiger partial charge is 0.0905 e. The summed E-state index contributed by atoms with van der Waals surface area (Å²) in [4.78, 5) is 0. The second-order valence-electron chi connectivity index (χ2n) is 2.79. The molecule has 0 aliphatic carbocycles. The van der Waals surface area contributed by atoms with Gasteiger partial charge in [-0.05, 0) is 23.8 Å². The second kappa shape index (κ2) is 2.80. The van der Waals surface area contributed by atoms with Crippen molar-refractivity contribution in [1.29, 1.82) is 5.26 Å². The van der Waals surface area contributed by atoms with Crippen LogP contribution in [0.4, 0.5) is 5.69 Å². The third-order valence-corrected chi connectivity index (χ3v) is 2.53. The van der Waals surface area contributed by atoms with E-state index in [1.54, 1.807) is 0 Å². The number of nitrogens with zero attached hydrogens (tertiary/aromatic N) is 1. The molecule has 1 aliphatic heterocycles. The Morgan fingerprint density at radius 1 is 1.58 bits per heavy atom. The fourth-order valence-electron chi connectivity index (χ4n) is 1.42. The summed E-state index contributed by atoms with van der Waals surface area (Å²) in [6.45, 7) is 0.738. The first-order valence-corrected chi connectivity index (χ1v) is 4.53. The highest BCUT2D eigenvalue weighted by atomic mass is 79.9. The van der Waals surface area contributed by atoms with Crippen LogP contribution in [-0.4, -0.2) is 6.54 Å². The zero-order chi connectivity index (χ0) is 8.55. The van der Waals surface area contributed by atoms with Crippen LogP contribution in [0, 0.1) is 11.3 Å². The van der Waals surface area contributed by atoms with E-state index in [2.05, 4.69) is 27.3 Å². The van der Waals surface area contributed by atoms with Crippen molar-refractivity contribution in [1.82, 2.24) is 0 Å². The Hall–Kier alpha value is -1.01. The highest BCUT2D eigenvalue weighted by Gasteiger charge is 2.21. The van der Waals surface area contributed by atoms with Gasteiger partial charge in [-0.2, -0.15) is 5.26 Å². The second-order valence-corrected chi connectivity index (χ2v) is 3.71. The van der Waals surface area contributed by atoms with E-state index in [4.69, 9.17) is 5.26 Å². The van der Waals surface area contributed by atoms with Crippen LogP contribution in [0.5, 0.6) is 0 Å². The summed E-state index contributed by atoms with van der Waals surface area (Å²) in [5.41, 5.74) is 2.19. The summed E-state index contributed by atoms with van der Waals surface area (Å²) in [5, 5.41) is 12.0. The average molecular weight is 223 g/mol. The molecule has 1 aromatic rings. The lowest BCUT2D eigenvalue weighted by Crippen LogP contribution is -1.97. The highest BCUT2D eigenvalue weighted by Crippen LogP contribution is 2.32. The van der Waals surface area contributed by atoms with Crippen molar-refractivity contribution >= 4 is 21.6 Å². The van der Waals surface area contributed by atoms with E-state index in [0.717, 1.165) is 22.3 Å². The average Bonchev–Trinajstić information content (AvgIpc) is 2.46. The minimum atomic E-state index is 0.0116. The fourth-order valence-corrected chi connectivity index (χ4v) is 1.80. The zero-order valence-electron chi connectivity index (χ0n) is 6.34.